The minimum absolute atomic E-state index is 0.112. The van der Waals surface area contributed by atoms with E-state index < -0.39 is 23.8 Å². The van der Waals surface area contributed by atoms with Crippen LogP contribution in [0.2, 0.25) is 0 Å². The molecule has 2 aliphatic heterocycles. The standard InChI is InChI=1S/C14H13NO5/c15-8-14-11(18-12(16)5-6-13(17)20-14)7-9-3-1-2-4-10(9)19-14/h1-6,11H,7-8,15H2/b6-5-. The molecule has 0 saturated carbocycles. The number of fused-ring (bicyclic) bond motifs is 2. The van der Waals surface area contributed by atoms with E-state index in [0.29, 0.717) is 12.2 Å². The Morgan fingerprint density at radius 2 is 1.90 bits per heavy atom. The second-order valence-corrected chi connectivity index (χ2v) is 4.61. The van der Waals surface area contributed by atoms with Crippen molar-refractivity contribution in [1.29, 1.82) is 0 Å². The van der Waals surface area contributed by atoms with E-state index in [4.69, 9.17) is 19.9 Å². The van der Waals surface area contributed by atoms with Gasteiger partial charge < -0.3 is 19.9 Å². The molecule has 2 heterocycles. The van der Waals surface area contributed by atoms with E-state index in [9.17, 15) is 9.59 Å². The van der Waals surface area contributed by atoms with Crippen molar-refractivity contribution in [1.82, 2.24) is 0 Å². The zero-order valence-corrected chi connectivity index (χ0v) is 10.6. The van der Waals surface area contributed by atoms with Crippen molar-refractivity contribution in [2.24, 2.45) is 5.73 Å². The second kappa shape index (κ2) is 4.64. The molecule has 2 atom stereocenters. The first-order valence-corrected chi connectivity index (χ1v) is 6.21. The van der Waals surface area contributed by atoms with Gasteiger partial charge in [0.25, 0.3) is 0 Å². The lowest BCUT2D eigenvalue weighted by atomic mass is 9.96. The Labute approximate surface area is 115 Å². The highest BCUT2D eigenvalue weighted by atomic mass is 16.7. The van der Waals surface area contributed by atoms with Crippen LogP contribution in [0.15, 0.2) is 36.4 Å². The highest BCUT2D eigenvalue weighted by molar-refractivity contribution is 5.92. The van der Waals surface area contributed by atoms with Crippen LogP contribution in [0.5, 0.6) is 5.75 Å². The van der Waals surface area contributed by atoms with Gasteiger partial charge in [-0.1, -0.05) is 18.2 Å². The second-order valence-electron chi connectivity index (χ2n) is 4.61. The number of carbonyl (C=O) groups is 2. The molecule has 1 aromatic rings. The van der Waals surface area contributed by atoms with Crippen molar-refractivity contribution in [2.45, 2.75) is 18.3 Å². The van der Waals surface area contributed by atoms with Gasteiger partial charge in [0.1, 0.15) is 5.75 Å². The quantitative estimate of drug-likeness (QED) is 0.742. The van der Waals surface area contributed by atoms with Crippen LogP contribution >= 0.6 is 0 Å². The van der Waals surface area contributed by atoms with Crippen molar-refractivity contribution in [2.75, 3.05) is 6.54 Å². The Balaban J connectivity index is 2.04. The number of ether oxygens (including phenoxy) is 3. The predicted octanol–water partition coefficient (Wildman–Crippen LogP) is 0.301. The Bertz CT molecular complexity index is 597. The summed E-state index contributed by atoms with van der Waals surface area (Å²) in [5.41, 5.74) is 6.59. The Morgan fingerprint density at radius 3 is 2.70 bits per heavy atom. The van der Waals surface area contributed by atoms with E-state index in [1.165, 1.54) is 0 Å². The summed E-state index contributed by atoms with van der Waals surface area (Å²) in [5, 5.41) is 0. The molecule has 1 aromatic carbocycles. The van der Waals surface area contributed by atoms with Crippen LogP contribution in [0.3, 0.4) is 0 Å². The summed E-state index contributed by atoms with van der Waals surface area (Å²) < 4.78 is 16.3. The number of esters is 2. The van der Waals surface area contributed by atoms with Crippen molar-refractivity contribution < 1.29 is 23.8 Å². The normalized spacial score (nSPS) is 29.8. The summed E-state index contributed by atoms with van der Waals surface area (Å²) in [6, 6.07) is 7.28. The fraction of sp³-hybridized carbons (Fsp3) is 0.286. The van der Waals surface area contributed by atoms with Gasteiger partial charge in [0, 0.05) is 18.6 Å². The van der Waals surface area contributed by atoms with Crippen LogP contribution in [0, 0.1) is 0 Å². The fourth-order valence-corrected chi connectivity index (χ4v) is 2.33. The van der Waals surface area contributed by atoms with Gasteiger partial charge in [-0.25, -0.2) is 9.59 Å². The lowest BCUT2D eigenvalue weighted by molar-refractivity contribution is -0.238. The van der Waals surface area contributed by atoms with Crippen LogP contribution in [-0.4, -0.2) is 30.4 Å². The number of hydrogen-bond acceptors (Lipinski definition) is 6. The Morgan fingerprint density at radius 1 is 1.15 bits per heavy atom. The maximum absolute atomic E-state index is 11.7. The molecule has 0 aromatic heterocycles. The molecule has 2 aliphatic rings. The molecule has 0 radical (unpaired) electrons. The summed E-state index contributed by atoms with van der Waals surface area (Å²) in [6.07, 6.45) is 1.63. The third kappa shape index (κ3) is 2.04. The van der Waals surface area contributed by atoms with Crippen LogP contribution < -0.4 is 10.5 Å². The maximum atomic E-state index is 11.7. The molecule has 0 fully saturated rings. The number of nitrogens with two attached hydrogens (primary N) is 1. The molecule has 3 rings (SSSR count). The van der Waals surface area contributed by atoms with E-state index in [0.717, 1.165) is 17.7 Å². The van der Waals surface area contributed by atoms with Crippen LogP contribution in [-0.2, 0) is 25.5 Å². The monoisotopic (exact) mass is 275 g/mol. The summed E-state index contributed by atoms with van der Waals surface area (Å²) in [6.45, 7) is -0.112. The molecular formula is C14H13NO5. The van der Waals surface area contributed by atoms with Gasteiger partial charge in [-0.15, -0.1) is 0 Å². The summed E-state index contributed by atoms with van der Waals surface area (Å²) >= 11 is 0. The third-order valence-electron chi connectivity index (χ3n) is 3.32. The topological polar surface area (TPSA) is 87.9 Å². The van der Waals surface area contributed by atoms with Gasteiger partial charge in [-0.3, -0.25) is 0 Å². The first-order valence-electron chi connectivity index (χ1n) is 6.21. The van der Waals surface area contributed by atoms with Crippen molar-refractivity contribution in [3.8, 4) is 5.75 Å². The average molecular weight is 275 g/mol. The summed E-state index contributed by atoms with van der Waals surface area (Å²) in [7, 11) is 0. The fourth-order valence-electron chi connectivity index (χ4n) is 2.33. The van der Waals surface area contributed by atoms with Gasteiger partial charge >= 0.3 is 17.7 Å². The minimum Gasteiger partial charge on any atom is -0.450 e. The summed E-state index contributed by atoms with van der Waals surface area (Å²) in [4.78, 5) is 23.3. The highest BCUT2D eigenvalue weighted by Crippen LogP contribution is 2.36. The van der Waals surface area contributed by atoms with Gasteiger partial charge in [0.2, 0.25) is 0 Å². The largest absolute Gasteiger partial charge is 0.450 e. The molecule has 0 amide bonds. The van der Waals surface area contributed by atoms with E-state index in [1.807, 2.05) is 12.1 Å². The first-order chi connectivity index (χ1) is 9.63. The number of rotatable bonds is 1. The summed E-state index contributed by atoms with van der Waals surface area (Å²) in [5.74, 6) is -2.21. The molecule has 104 valence electrons. The van der Waals surface area contributed by atoms with E-state index in [1.54, 1.807) is 12.1 Å². The molecule has 2 N–H and O–H groups in total. The van der Waals surface area contributed by atoms with Gasteiger partial charge in [0.15, 0.2) is 6.10 Å². The minimum atomic E-state index is -1.48. The average Bonchev–Trinajstić information content (AvgIpc) is 2.44. The van der Waals surface area contributed by atoms with Gasteiger partial charge in [0.05, 0.1) is 6.54 Å². The molecule has 0 aliphatic carbocycles. The molecule has 0 bridgehead atoms. The van der Waals surface area contributed by atoms with Crippen LogP contribution in [0.4, 0.5) is 0 Å². The SMILES string of the molecule is NCC12OC(=O)/C=C\C(=O)OC1Cc1ccccc1O2. The first kappa shape index (κ1) is 12.7. The lowest BCUT2D eigenvalue weighted by Gasteiger charge is -2.42. The van der Waals surface area contributed by atoms with Crippen LogP contribution in [0.1, 0.15) is 5.56 Å². The molecule has 2 unspecified atom stereocenters. The van der Waals surface area contributed by atoms with E-state index >= 15 is 0 Å². The number of benzene rings is 1. The number of carbonyl (C=O) groups excluding carboxylic acids is 2. The third-order valence-corrected chi connectivity index (χ3v) is 3.32. The van der Waals surface area contributed by atoms with Crippen molar-refractivity contribution >= 4 is 11.9 Å². The highest BCUT2D eigenvalue weighted by Gasteiger charge is 2.50. The molecule has 6 heteroatoms. The molecule has 20 heavy (non-hydrogen) atoms. The zero-order valence-electron chi connectivity index (χ0n) is 10.6. The molecule has 6 nitrogen and oxygen atoms in total. The van der Waals surface area contributed by atoms with Gasteiger partial charge in [-0.2, -0.15) is 0 Å². The van der Waals surface area contributed by atoms with E-state index in [2.05, 4.69) is 0 Å². The number of para-hydroxylation sites is 1. The van der Waals surface area contributed by atoms with E-state index in [-0.39, 0.29) is 6.54 Å². The van der Waals surface area contributed by atoms with Crippen molar-refractivity contribution in [3.05, 3.63) is 42.0 Å². The van der Waals surface area contributed by atoms with Gasteiger partial charge in [-0.05, 0) is 11.6 Å². The Hall–Kier alpha value is -2.34. The maximum Gasteiger partial charge on any atom is 0.334 e. The van der Waals surface area contributed by atoms with Crippen LogP contribution in [0.25, 0.3) is 0 Å². The molecule has 0 spiro atoms. The molecule has 0 saturated heterocycles. The smallest absolute Gasteiger partial charge is 0.334 e. The lowest BCUT2D eigenvalue weighted by Crippen LogP contribution is -2.60. The van der Waals surface area contributed by atoms with Crippen molar-refractivity contribution in [3.63, 3.8) is 0 Å². The Kier molecular flexibility index (Phi) is 2.94. The number of hydrogen-bond donors (Lipinski definition) is 1. The predicted molar refractivity (Wildman–Crippen MR) is 67.7 cm³/mol. The zero-order chi connectivity index (χ0) is 14.2. The molecular weight excluding hydrogens is 262 g/mol.